The van der Waals surface area contributed by atoms with Gasteiger partial charge in [-0.1, -0.05) is 56.3 Å². The molecule has 36 heavy (non-hydrogen) atoms. The summed E-state index contributed by atoms with van der Waals surface area (Å²) in [5.41, 5.74) is 9.03. The number of hydrogen-bond acceptors (Lipinski definition) is 6. The molecule has 1 aromatic heterocycles. The van der Waals surface area contributed by atoms with E-state index in [0.717, 1.165) is 25.2 Å². The first-order chi connectivity index (χ1) is 17.0. The Bertz CT molecular complexity index is 1200. The number of likely N-dealkylation sites (tertiary alicyclic amines) is 1. The second-order valence-electron chi connectivity index (χ2n) is 8.95. The summed E-state index contributed by atoms with van der Waals surface area (Å²) in [4.78, 5) is 19.8. The van der Waals surface area contributed by atoms with Crippen molar-refractivity contribution < 1.29 is 9.90 Å². The first-order valence-electron chi connectivity index (χ1n) is 12.1. The van der Waals surface area contributed by atoms with Crippen LogP contribution in [0.15, 0.2) is 60.7 Å². The minimum absolute atomic E-state index is 0. The summed E-state index contributed by atoms with van der Waals surface area (Å²) in [6.07, 6.45) is 4.49. The third-order valence-corrected chi connectivity index (χ3v) is 6.47. The average molecular weight is 486 g/mol. The number of amides is 1. The summed E-state index contributed by atoms with van der Waals surface area (Å²) in [6.45, 7) is 2.78. The summed E-state index contributed by atoms with van der Waals surface area (Å²) in [5, 5.41) is 23.4. The quantitative estimate of drug-likeness (QED) is 0.421. The normalized spacial score (nSPS) is 14.3. The molecule has 1 saturated heterocycles. The first-order valence-corrected chi connectivity index (χ1v) is 12.1. The number of hydrogen-bond donors (Lipinski definition) is 3. The molecule has 0 saturated carbocycles. The van der Waals surface area contributed by atoms with E-state index in [4.69, 9.17) is 5.73 Å². The topological polar surface area (TPSA) is 115 Å². The molecule has 188 valence electrons. The predicted molar refractivity (Wildman–Crippen MR) is 143 cm³/mol. The van der Waals surface area contributed by atoms with Crippen LogP contribution in [0.2, 0.25) is 0 Å². The Kier molecular flexibility index (Phi) is 9.43. The molecule has 1 amide bonds. The van der Waals surface area contributed by atoms with E-state index in [-0.39, 0.29) is 30.5 Å². The van der Waals surface area contributed by atoms with Gasteiger partial charge in [0.15, 0.2) is 0 Å². The van der Waals surface area contributed by atoms with Gasteiger partial charge in [0.05, 0.1) is 17.3 Å². The maximum absolute atomic E-state index is 13.0. The Balaban J connectivity index is 0.00000361. The van der Waals surface area contributed by atoms with E-state index in [1.54, 1.807) is 30.3 Å². The van der Waals surface area contributed by atoms with Crippen LogP contribution in [0.25, 0.3) is 11.3 Å². The highest BCUT2D eigenvalue weighted by molar-refractivity contribution is 5.77. The fourth-order valence-electron chi connectivity index (χ4n) is 4.61. The SMILES string of the molecule is C.N#Cc1c([C@H](Cc2ccccc2)NC(=O)CCN2CCCCC2)cc(-c2ccccc2O)nc1N. The molecule has 4 rings (SSSR count). The van der Waals surface area contributed by atoms with Crippen molar-refractivity contribution in [3.8, 4) is 23.1 Å². The van der Waals surface area contributed by atoms with E-state index < -0.39 is 6.04 Å². The fraction of sp³-hybridized carbons (Fsp3) is 0.345. The van der Waals surface area contributed by atoms with E-state index in [2.05, 4.69) is 21.3 Å². The van der Waals surface area contributed by atoms with Gasteiger partial charge in [-0.2, -0.15) is 5.26 Å². The van der Waals surface area contributed by atoms with Crippen molar-refractivity contribution >= 4 is 11.7 Å². The van der Waals surface area contributed by atoms with Gasteiger partial charge in [0, 0.05) is 18.5 Å². The number of nitriles is 1. The van der Waals surface area contributed by atoms with Crippen LogP contribution in [0.1, 0.15) is 55.8 Å². The molecule has 0 bridgehead atoms. The van der Waals surface area contributed by atoms with E-state index in [1.165, 1.54) is 19.3 Å². The molecule has 0 radical (unpaired) electrons. The lowest BCUT2D eigenvalue weighted by atomic mass is 9.93. The fourth-order valence-corrected chi connectivity index (χ4v) is 4.61. The van der Waals surface area contributed by atoms with Crippen LogP contribution < -0.4 is 11.1 Å². The van der Waals surface area contributed by atoms with Crippen LogP contribution in [0.5, 0.6) is 5.75 Å². The number of benzene rings is 2. The number of phenolic OH excluding ortho intramolecular Hbond substituents is 1. The van der Waals surface area contributed by atoms with Crippen molar-refractivity contribution in [2.45, 2.75) is 45.6 Å². The Morgan fingerprint density at radius 1 is 1.11 bits per heavy atom. The summed E-state index contributed by atoms with van der Waals surface area (Å²) in [6, 6.07) is 20.1. The number of nitrogens with zero attached hydrogens (tertiary/aromatic N) is 3. The standard InChI is InChI=1S/C28H31N5O2.CH4/c29-19-23-22(18-25(32-28(23)30)21-11-5-6-12-26(21)34)24(17-20-9-3-1-4-10-20)31-27(35)13-16-33-14-7-2-8-15-33;/h1,3-6,9-12,18,24,34H,2,7-8,13-17H2,(H2,30,32)(H,31,35);1H4/t24-;/m0./s1. The van der Waals surface area contributed by atoms with Gasteiger partial charge in [-0.05, 0) is 61.7 Å². The number of para-hydroxylation sites is 1. The van der Waals surface area contributed by atoms with Gasteiger partial charge in [-0.3, -0.25) is 4.79 Å². The second kappa shape index (κ2) is 12.7. The number of pyridine rings is 1. The van der Waals surface area contributed by atoms with E-state index in [0.29, 0.717) is 29.7 Å². The third kappa shape index (κ3) is 6.61. The summed E-state index contributed by atoms with van der Waals surface area (Å²) in [5.74, 6) is 0.0731. The molecule has 2 heterocycles. The highest BCUT2D eigenvalue weighted by Crippen LogP contribution is 2.33. The molecule has 1 aliphatic rings. The zero-order valence-corrected chi connectivity index (χ0v) is 19.8. The molecule has 7 nitrogen and oxygen atoms in total. The van der Waals surface area contributed by atoms with Crippen molar-refractivity contribution in [3.63, 3.8) is 0 Å². The van der Waals surface area contributed by atoms with Crippen molar-refractivity contribution in [2.24, 2.45) is 0 Å². The Morgan fingerprint density at radius 2 is 1.81 bits per heavy atom. The smallest absolute Gasteiger partial charge is 0.221 e. The van der Waals surface area contributed by atoms with Crippen LogP contribution in [0, 0.1) is 11.3 Å². The van der Waals surface area contributed by atoms with E-state index >= 15 is 0 Å². The highest BCUT2D eigenvalue weighted by atomic mass is 16.3. The zero-order valence-electron chi connectivity index (χ0n) is 19.8. The first kappa shape index (κ1) is 26.7. The number of nitrogens with one attached hydrogen (secondary N) is 1. The average Bonchev–Trinajstić information content (AvgIpc) is 2.88. The van der Waals surface area contributed by atoms with Gasteiger partial charge in [-0.15, -0.1) is 0 Å². The number of nitrogen functional groups attached to an aromatic ring is 1. The number of rotatable bonds is 8. The van der Waals surface area contributed by atoms with Crippen LogP contribution >= 0.6 is 0 Å². The van der Waals surface area contributed by atoms with Crippen LogP contribution in [-0.4, -0.2) is 40.5 Å². The molecule has 7 heteroatoms. The number of carbonyl (C=O) groups excluding carboxylic acids is 1. The van der Waals surface area contributed by atoms with Crippen molar-refractivity contribution in [1.82, 2.24) is 15.2 Å². The van der Waals surface area contributed by atoms with E-state index in [1.807, 2.05) is 30.3 Å². The number of aromatic hydroxyl groups is 1. The molecule has 3 aromatic rings. The van der Waals surface area contributed by atoms with Gasteiger partial charge in [0.25, 0.3) is 0 Å². The summed E-state index contributed by atoms with van der Waals surface area (Å²) >= 11 is 0. The summed E-state index contributed by atoms with van der Waals surface area (Å²) < 4.78 is 0. The molecule has 2 aromatic carbocycles. The maximum atomic E-state index is 13.0. The molecular weight excluding hydrogens is 450 g/mol. The lowest BCUT2D eigenvalue weighted by Gasteiger charge is -2.27. The molecule has 0 aliphatic carbocycles. The Hall–Kier alpha value is -3.89. The largest absolute Gasteiger partial charge is 0.507 e. The minimum Gasteiger partial charge on any atom is -0.507 e. The Morgan fingerprint density at radius 3 is 2.50 bits per heavy atom. The third-order valence-electron chi connectivity index (χ3n) is 6.47. The number of aromatic nitrogens is 1. The van der Waals surface area contributed by atoms with E-state index in [9.17, 15) is 15.2 Å². The molecule has 1 fully saturated rings. The van der Waals surface area contributed by atoms with Gasteiger partial charge in [0.2, 0.25) is 5.91 Å². The van der Waals surface area contributed by atoms with Crippen LogP contribution in [0.3, 0.4) is 0 Å². The predicted octanol–water partition coefficient (Wildman–Crippen LogP) is 4.82. The van der Waals surface area contributed by atoms with Crippen LogP contribution in [-0.2, 0) is 11.2 Å². The highest BCUT2D eigenvalue weighted by Gasteiger charge is 2.23. The van der Waals surface area contributed by atoms with Crippen LogP contribution in [0.4, 0.5) is 5.82 Å². The van der Waals surface area contributed by atoms with Gasteiger partial charge in [0.1, 0.15) is 17.6 Å². The molecule has 0 spiro atoms. The summed E-state index contributed by atoms with van der Waals surface area (Å²) in [7, 11) is 0. The van der Waals surface area contributed by atoms with Gasteiger partial charge in [-0.25, -0.2) is 4.98 Å². The maximum Gasteiger partial charge on any atom is 0.221 e. The number of piperidine rings is 1. The van der Waals surface area contributed by atoms with Crippen molar-refractivity contribution in [2.75, 3.05) is 25.4 Å². The molecule has 1 aliphatic heterocycles. The lowest BCUT2D eigenvalue weighted by molar-refractivity contribution is -0.122. The second-order valence-corrected chi connectivity index (χ2v) is 8.95. The lowest BCUT2D eigenvalue weighted by Crippen LogP contribution is -2.36. The van der Waals surface area contributed by atoms with Crippen molar-refractivity contribution in [3.05, 3.63) is 77.4 Å². The number of carbonyl (C=O) groups is 1. The molecule has 0 unspecified atom stereocenters. The van der Waals surface area contributed by atoms with Crippen molar-refractivity contribution in [1.29, 1.82) is 5.26 Å². The monoisotopic (exact) mass is 485 g/mol. The molecule has 1 atom stereocenters. The number of phenols is 1. The van der Waals surface area contributed by atoms with Gasteiger partial charge < -0.3 is 21.1 Å². The zero-order chi connectivity index (χ0) is 24.6. The number of nitrogens with two attached hydrogens (primary N) is 1. The number of anilines is 1. The minimum atomic E-state index is -0.476. The molecular formula is C29H35N5O2. The van der Waals surface area contributed by atoms with Gasteiger partial charge >= 0.3 is 0 Å². The Labute approximate surface area is 213 Å². The molecule has 4 N–H and O–H groups in total.